The molecule has 0 fully saturated rings. The molecule has 2 aliphatic rings. The second kappa shape index (κ2) is 13.2. The zero-order valence-electron chi connectivity index (χ0n) is 32.0. The van der Waals surface area contributed by atoms with Crippen LogP contribution in [0.1, 0.15) is 22.3 Å². The molecule has 0 saturated heterocycles. The number of nitrogens with zero attached hydrogens (tertiary/aromatic N) is 3. The fourth-order valence-corrected chi connectivity index (χ4v) is 9.89. The highest BCUT2D eigenvalue weighted by atomic mass is 15.0. The van der Waals surface area contributed by atoms with Crippen LogP contribution >= 0.6 is 0 Å². The normalized spacial score (nSPS) is 12.9. The first kappa shape index (κ1) is 33.4. The van der Waals surface area contributed by atoms with Crippen LogP contribution in [0.4, 0.5) is 0 Å². The molecule has 59 heavy (non-hydrogen) atoms. The molecule has 3 nitrogen and oxygen atoms in total. The fraction of sp³-hybridized carbons (Fsp3) is 0.0179. The molecule has 3 heteroatoms. The van der Waals surface area contributed by atoms with Crippen molar-refractivity contribution in [3.63, 3.8) is 0 Å². The van der Waals surface area contributed by atoms with Crippen molar-refractivity contribution in [1.29, 1.82) is 0 Å². The lowest BCUT2D eigenvalue weighted by Gasteiger charge is -2.32. The van der Waals surface area contributed by atoms with Crippen LogP contribution in [0.25, 0.3) is 89.4 Å². The van der Waals surface area contributed by atoms with E-state index in [-0.39, 0.29) is 0 Å². The van der Waals surface area contributed by atoms with Gasteiger partial charge in [-0.25, -0.2) is 15.0 Å². The average molecular weight is 750 g/mol. The van der Waals surface area contributed by atoms with Crippen molar-refractivity contribution in [2.75, 3.05) is 0 Å². The molecule has 0 unspecified atom stereocenters. The molecule has 12 rings (SSSR count). The van der Waals surface area contributed by atoms with Crippen LogP contribution in [0, 0.1) is 0 Å². The Bertz CT molecular complexity index is 3200. The minimum absolute atomic E-state index is 0.459. The van der Waals surface area contributed by atoms with Crippen molar-refractivity contribution in [3.05, 3.63) is 235 Å². The zero-order valence-corrected chi connectivity index (χ0v) is 32.0. The number of aromatic nitrogens is 3. The van der Waals surface area contributed by atoms with E-state index in [9.17, 15) is 0 Å². The van der Waals surface area contributed by atoms with Gasteiger partial charge in [0.05, 0.1) is 5.41 Å². The van der Waals surface area contributed by atoms with Crippen molar-refractivity contribution in [2.24, 2.45) is 0 Å². The smallest absolute Gasteiger partial charge is 0.164 e. The number of hydrogen-bond acceptors (Lipinski definition) is 3. The Balaban J connectivity index is 1.07. The number of benzene rings is 9. The summed E-state index contributed by atoms with van der Waals surface area (Å²) in [6.07, 6.45) is 0. The van der Waals surface area contributed by atoms with E-state index in [0.717, 1.165) is 33.0 Å². The zero-order chi connectivity index (χ0) is 38.9. The third-order valence-electron chi connectivity index (χ3n) is 12.4. The fourth-order valence-electron chi connectivity index (χ4n) is 9.89. The molecule has 274 valence electrons. The molecule has 0 bridgehead atoms. The highest BCUT2D eigenvalue weighted by molar-refractivity contribution is 6.07. The summed E-state index contributed by atoms with van der Waals surface area (Å²) in [5.41, 5.74) is 17.7. The van der Waals surface area contributed by atoms with Crippen molar-refractivity contribution >= 4 is 10.8 Å². The van der Waals surface area contributed by atoms with E-state index in [4.69, 9.17) is 15.0 Å². The van der Waals surface area contributed by atoms with E-state index in [1.807, 2.05) is 24.3 Å². The quantitative estimate of drug-likeness (QED) is 0.176. The number of rotatable bonds is 5. The van der Waals surface area contributed by atoms with Gasteiger partial charge in [0.15, 0.2) is 17.5 Å². The molecular weight excluding hydrogens is 715 g/mol. The standard InChI is InChI=1S/C56H35N3/c1-3-16-36(17-4-1)37-30-32-39(33-31-37)54-57-53(38-18-5-2-6-19-38)58-55(59-54)48-35-34-42(40-20-7-8-21-41(40)48)46-25-15-26-47-45-24-11-14-29-51(45)56(52(46)47)49-27-12-9-22-43(49)44-23-10-13-28-50(44)56/h1-35H. The maximum atomic E-state index is 5.22. The molecule has 1 aromatic heterocycles. The SMILES string of the molecule is c1ccc(-c2ccc(-c3nc(-c4ccccc4)nc(-c4ccc(-c5cccc6c5C5(c7ccccc7-c7ccccc75)c5ccccc5-6)c5ccccc45)n3)cc2)cc1. The highest BCUT2D eigenvalue weighted by Crippen LogP contribution is 2.64. The Morgan fingerprint density at radius 3 is 1.20 bits per heavy atom. The van der Waals surface area contributed by atoms with E-state index in [2.05, 4.69) is 188 Å². The first-order valence-corrected chi connectivity index (χ1v) is 20.2. The van der Waals surface area contributed by atoms with Crippen LogP contribution < -0.4 is 0 Å². The van der Waals surface area contributed by atoms with Crippen molar-refractivity contribution < 1.29 is 0 Å². The minimum atomic E-state index is -0.459. The highest BCUT2D eigenvalue weighted by Gasteiger charge is 2.52. The van der Waals surface area contributed by atoms with Crippen LogP contribution in [0.15, 0.2) is 212 Å². The van der Waals surface area contributed by atoms with Gasteiger partial charge in [-0.05, 0) is 83.6 Å². The first-order chi connectivity index (χ1) is 29.3. The Kier molecular flexibility index (Phi) is 7.45. The predicted molar refractivity (Wildman–Crippen MR) is 241 cm³/mol. The largest absolute Gasteiger partial charge is 0.208 e. The Morgan fingerprint density at radius 2 is 0.610 bits per heavy atom. The summed E-state index contributed by atoms with van der Waals surface area (Å²) in [6, 6.07) is 76.3. The lowest BCUT2D eigenvalue weighted by molar-refractivity contribution is 0.796. The lowest BCUT2D eigenvalue weighted by Crippen LogP contribution is -2.26. The number of fused-ring (bicyclic) bond motifs is 11. The molecule has 1 spiro atoms. The van der Waals surface area contributed by atoms with Gasteiger partial charge in [-0.1, -0.05) is 206 Å². The van der Waals surface area contributed by atoms with Crippen molar-refractivity contribution in [1.82, 2.24) is 15.0 Å². The van der Waals surface area contributed by atoms with Gasteiger partial charge in [0, 0.05) is 16.7 Å². The first-order valence-electron chi connectivity index (χ1n) is 20.2. The second-order valence-electron chi connectivity index (χ2n) is 15.4. The van der Waals surface area contributed by atoms with Gasteiger partial charge in [-0.3, -0.25) is 0 Å². The molecule has 0 radical (unpaired) electrons. The Labute approximate surface area is 343 Å². The summed E-state index contributed by atoms with van der Waals surface area (Å²) in [7, 11) is 0. The van der Waals surface area contributed by atoms with E-state index >= 15 is 0 Å². The predicted octanol–water partition coefficient (Wildman–Crippen LogP) is 13.7. The molecule has 10 aromatic rings. The van der Waals surface area contributed by atoms with E-state index < -0.39 is 5.41 Å². The summed E-state index contributed by atoms with van der Waals surface area (Å²) < 4.78 is 0. The lowest BCUT2D eigenvalue weighted by atomic mass is 9.68. The molecule has 0 N–H and O–H groups in total. The molecule has 0 saturated carbocycles. The summed E-state index contributed by atoms with van der Waals surface area (Å²) in [5, 5.41) is 2.24. The van der Waals surface area contributed by atoms with Gasteiger partial charge in [0.1, 0.15) is 0 Å². The van der Waals surface area contributed by atoms with E-state index in [1.165, 1.54) is 61.2 Å². The van der Waals surface area contributed by atoms with Crippen LogP contribution in [0.3, 0.4) is 0 Å². The monoisotopic (exact) mass is 749 g/mol. The maximum Gasteiger partial charge on any atom is 0.164 e. The third kappa shape index (κ3) is 4.98. The topological polar surface area (TPSA) is 38.7 Å². The van der Waals surface area contributed by atoms with Gasteiger partial charge < -0.3 is 0 Å². The van der Waals surface area contributed by atoms with Crippen LogP contribution in [0.2, 0.25) is 0 Å². The van der Waals surface area contributed by atoms with Crippen LogP contribution in [0.5, 0.6) is 0 Å². The minimum Gasteiger partial charge on any atom is -0.208 e. The van der Waals surface area contributed by atoms with Gasteiger partial charge in [0.2, 0.25) is 0 Å². The molecule has 9 aromatic carbocycles. The van der Waals surface area contributed by atoms with Crippen LogP contribution in [-0.2, 0) is 5.41 Å². The third-order valence-corrected chi connectivity index (χ3v) is 12.4. The van der Waals surface area contributed by atoms with Gasteiger partial charge in [0.25, 0.3) is 0 Å². The second-order valence-corrected chi connectivity index (χ2v) is 15.4. The maximum absolute atomic E-state index is 5.22. The van der Waals surface area contributed by atoms with Gasteiger partial charge >= 0.3 is 0 Å². The number of hydrogen-bond donors (Lipinski definition) is 0. The molecule has 2 aliphatic carbocycles. The average Bonchev–Trinajstić information content (AvgIpc) is 3.79. The molecule has 0 aliphatic heterocycles. The van der Waals surface area contributed by atoms with Crippen molar-refractivity contribution in [3.8, 4) is 78.7 Å². The summed E-state index contributed by atoms with van der Waals surface area (Å²) in [6.45, 7) is 0. The molecule has 0 amide bonds. The molecule has 1 heterocycles. The molecular formula is C56H35N3. The molecule has 0 atom stereocenters. The van der Waals surface area contributed by atoms with Gasteiger partial charge in [-0.2, -0.15) is 0 Å². The summed E-state index contributed by atoms with van der Waals surface area (Å²) >= 11 is 0. The Morgan fingerprint density at radius 1 is 0.237 bits per heavy atom. The summed E-state index contributed by atoms with van der Waals surface area (Å²) in [5.74, 6) is 1.93. The van der Waals surface area contributed by atoms with Gasteiger partial charge in [-0.15, -0.1) is 0 Å². The van der Waals surface area contributed by atoms with Crippen LogP contribution in [-0.4, -0.2) is 15.0 Å². The van der Waals surface area contributed by atoms with E-state index in [1.54, 1.807) is 0 Å². The summed E-state index contributed by atoms with van der Waals surface area (Å²) in [4.78, 5) is 15.5. The van der Waals surface area contributed by atoms with E-state index in [0.29, 0.717) is 17.5 Å². The Hall–Kier alpha value is -7.75. The van der Waals surface area contributed by atoms with Crippen molar-refractivity contribution in [2.45, 2.75) is 5.41 Å².